The second kappa shape index (κ2) is 7.45. The van der Waals surface area contributed by atoms with Crippen LogP contribution in [0.25, 0.3) is 21.6 Å². The van der Waals surface area contributed by atoms with Crippen LogP contribution in [0.5, 0.6) is 0 Å². The Balaban J connectivity index is 1.82. The second-order valence-electron chi connectivity index (χ2n) is 7.64. The molecule has 4 heterocycles. The summed E-state index contributed by atoms with van der Waals surface area (Å²) in [6, 6.07) is 0. The minimum atomic E-state index is 0.782. The first-order valence-electron chi connectivity index (χ1n) is 9.65. The molecule has 5 rings (SSSR count). The second-order valence-corrected chi connectivity index (χ2v) is 10.6. The Labute approximate surface area is 181 Å². The minimum absolute atomic E-state index is 0.782. The predicted octanol–water partition coefficient (Wildman–Crippen LogP) is 5.20. The predicted molar refractivity (Wildman–Crippen MR) is 123 cm³/mol. The fourth-order valence-corrected chi connectivity index (χ4v) is 6.69. The van der Waals surface area contributed by atoms with Crippen molar-refractivity contribution in [2.24, 2.45) is 0 Å². The van der Waals surface area contributed by atoms with Crippen molar-refractivity contribution in [3.63, 3.8) is 0 Å². The summed E-state index contributed by atoms with van der Waals surface area (Å²) in [6.07, 6.45) is 4.73. The van der Waals surface area contributed by atoms with Crippen LogP contribution in [0.2, 0.25) is 0 Å². The van der Waals surface area contributed by atoms with E-state index in [9.17, 15) is 0 Å². The Morgan fingerprint density at radius 3 is 2.31 bits per heavy atom. The normalized spacial score (nSPS) is 14.1. The van der Waals surface area contributed by atoms with Gasteiger partial charge in [0, 0.05) is 16.4 Å². The summed E-state index contributed by atoms with van der Waals surface area (Å²) < 4.78 is 4.28. The molecule has 0 fully saturated rings. The van der Waals surface area contributed by atoms with Gasteiger partial charge in [-0.15, -0.1) is 31.7 Å². The van der Waals surface area contributed by atoms with Gasteiger partial charge < -0.3 is 0 Å². The van der Waals surface area contributed by atoms with Crippen molar-refractivity contribution in [2.75, 3.05) is 11.5 Å². The third-order valence-electron chi connectivity index (χ3n) is 4.92. The first kappa shape index (κ1) is 19.1. The summed E-state index contributed by atoms with van der Waals surface area (Å²) in [5.74, 6) is 2.41. The molecule has 0 atom stereocenters. The van der Waals surface area contributed by atoms with Gasteiger partial charge in [-0.05, 0) is 45.1 Å². The van der Waals surface area contributed by atoms with Crippen molar-refractivity contribution in [2.45, 2.75) is 49.8 Å². The van der Waals surface area contributed by atoms with E-state index in [1.54, 1.807) is 23.5 Å². The van der Waals surface area contributed by atoms with Gasteiger partial charge in [-0.1, -0.05) is 47.8 Å². The zero-order chi connectivity index (χ0) is 20.1. The van der Waals surface area contributed by atoms with Gasteiger partial charge in [0.15, 0.2) is 16.0 Å². The molecule has 150 valence electrons. The minimum Gasteiger partial charge on any atom is -0.245 e. The first-order valence-corrected chi connectivity index (χ1v) is 12.4. The Hall–Kier alpha value is -1.84. The maximum atomic E-state index is 4.61. The number of hydrogen-bond acceptors (Lipinski definition) is 7. The largest absolute Gasteiger partial charge is 0.245 e. The molecule has 1 aliphatic carbocycles. The van der Waals surface area contributed by atoms with Gasteiger partial charge in [-0.3, -0.25) is 0 Å². The van der Waals surface area contributed by atoms with E-state index in [4.69, 9.17) is 0 Å². The van der Waals surface area contributed by atoms with Crippen LogP contribution in [0.3, 0.4) is 0 Å². The van der Waals surface area contributed by atoms with Gasteiger partial charge in [0.2, 0.25) is 5.78 Å². The smallest absolute Gasteiger partial charge is 0.245 e. The number of nitrogens with zero attached hydrogens (tertiary/aromatic N) is 6. The van der Waals surface area contributed by atoms with Crippen LogP contribution in [0.4, 0.5) is 0 Å². The SMILES string of the molecule is C=C(C)CSc1nnc2c3c4c(sc3n3c(SCC(=C)C)nnc3n12)CCCC4. The topological polar surface area (TPSA) is 60.4 Å². The number of thiophene rings is 1. The van der Waals surface area contributed by atoms with Gasteiger partial charge in [0.25, 0.3) is 0 Å². The third kappa shape index (κ3) is 3.19. The maximum absolute atomic E-state index is 4.61. The van der Waals surface area contributed by atoms with Gasteiger partial charge >= 0.3 is 0 Å². The van der Waals surface area contributed by atoms with E-state index in [1.165, 1.54) is 33.5 Å². The highest BCUT2D eigenvalue weighted by Gasteiger charge is 2.26. The van der Waals surface area contributed by atoms with Gasteiger partial charge in [0.1, 0.15) is 4.83 Å². The summed E-state index contributed by atoms with van der Waals surface area (Å²) in [4.78, 5) is 2.67. The van der Waals surface area contributed by atoms with E-state index in [0.29, 0.717) is 0 Å². The molecule has 4 aromatic rings. The summed E-state index contributed by atoms with van der Waals surface area (Å²) in [7, 11) is 0. The Morgan fingerprint density at radius 1 is 0.931 bits per heavy atom. The molecule has 0 bridgehead atoms. The fourth-order valence-electron chi connectivity index (χ4n) is 3.70. The van der Waals surface area contributed by atoms with Crippen molar-refractivity contribution in [3.8, 4) is 0 Å². The molecule has 6 nitrogen and oxygen atoms in total. The van der Waals surface area contributed by atoms with Crippen LogP contribution in [0.15, 0.2) is 34.6 Å². The highest BCUT2D eigenvalue weighted by Crippen LogP contribution is 2.40. The lowest BCUT2D eigenvalue weighted by molar-refractivity contribution is 0.700. The standard InChI is InChI=1S/C20H22N6S3/c1-11(2)9-27-19-23-21-16-15-13-7-5-6-8-14(13)29-17(15)26-18(25(16)19)22-24-20(26)28-10-12(3)4/h1,3,5-10H2,2,4H3. The lowest BCUT2D eigenvalue weighted by Gasteiger charge is -2.10. The molecule has 0 aliphatic heterocycles. The van der Waals surface area contributed by atoms with E-state index in [0.717, 1.165) is 57.2 Å². The molecule has 4 aromatic heterocycles. The van der Waals surface area contributed by atoms with Gasteiger partial charge in [-0.2, -0.15) is 0 Å². The van der Waals surface area contributed by atoms with Crippen LogP contribution in [-0.4, -0.2) is 40.7 Å². The molecule has 1 aliphatic rings. The molecule has 0 unspecified atom stereocenters. The number of hydrogen-bond donors (Lipinski definition) is 0. The molecular weight excluding hydrogens is 420 g/mol. The average molecular weight is 443 g/mol. The lowest BCUT2D eigenvalue weighted by Crippen LogP contribution is -2.02. The Morgan fingerprint density at radius 2 is 1.59 bits per heavy atom. The number of rotatable bonds is 6. The number of aromatic nitrogens is 6. The molecule has 0 amide bonds. The third-order valence-corrected chi connectivity index (χ3v) is 8.52. The van der Waals surface area contributed by atoms with Crippen molar-refractivity contribution in [3.05, 3.63) is 34.7 Å². The van der Waals surface area contributed by atoms with Crippen LogP contribution in [0.1, 0.15) is 37.1 Å². The Bertz CT molecular complexity index is 1280. The van der Waals surface area contributed by atoms with E-state index < -0.39 is 0 Å². The highest BCUT2D eigenvalue weighted by atomic mass is 32.2. The fraction of sp³-hybridized carbons (Fsp3) is 0.400. The van der Waals surface area contributed by atoms with E-state index >= 15 is 0 Å². The zero-order valence-electron chi connectivity index (χ0n) is 16.6. The molecule has 9 heteroatoms. The summed E-state index contributed by atoms with van der Waals surface area (Å²) in [5, 5.41) is 21.2. The van der Waals surface area contributed by atoms with Crippen LogP contribution in [-0.2, 0) is 12.8 Å². The zero-order valence-corrected chi connectivity index (χ0v) is 19.0. The molecule has 0 saturated carbocycles. The Kier molecular flexibility index (Phi) is 4.92. The van der Waals surface area contributed by atoms with Crippen LogP contribution in [0, 0.1) is 0 Å². The molecule has 0 saturated heterocycles. The maximum Gasteiger partial charge on any atom is 0.245 e. The monoisotopic (exact) mass is 442 g/mol. The quantitative estimate of drug-likeness (QED) is 0.302. The molecule has 29 heavy (non-hydrogen) atoms. The molecular formula is C20H22N6S3. The van der Waals surface area contributed by atoms with Crippen molar-refractivity contribution in [1.82, 2.24) is 29.2 Å². The van der Waals surface area contributed by atoms with Crippen molar-refractivity contribution >= 4 is 56.5 Å². The highest BCUT2D eigenvalue weighted by molar-refractivity contribution is 7.99. The van der Waals surface area contributed by atoms with E-state index in [-0.39, 0.29) is 0 Å². The van der Waals surface area contributed by atoms with E-state index in [2.05, 4.69) is 42.4 Å². The summed E-state index contributed by atoms with van der Waals surface area (Å²) in [6.45, 7) is 12.1. The van der Waals surface area contributed by atoms with Crippen LogP contribution >= 0.6 is 34.9 Å². The molecule has 0 radical (unpaired) electrons. The van der Waals surface area contributed by atoms with Gasteiger partial charge in [0.05, 0.1) is 5.39 Å². The summed E-state index contributed by atoms with van der Waals surface area (Å²) >= 11 is 5.20. The van der Waals surface area contributed by atoms with E-state index in [1.807, 2.05) is 25.2 Å². The summed E-state index contributed by atoms with van der Waals surface area (Å²) in [5.41, 5.74) is 4.57. The van der Waals surface area contributed by atoms with Crippen molar-refractivity contribution < 1.29 is 0 Å². The van der Waals surface area contributed by atoms with Gasteiger partial charge in [-0.25, -0.2) is 8.80 Å². The number of aryl methyl sites for hydroxylation is 2. The number of thioether (sulfide) groups is 2. The average Bonchev–Trinajstić information content (AvgIpc) is 3.38. The molecule has 0 aromatic carbocycles. The lowest BCUT2D eigenvalue weighted by atomic mass is 9.97. The molecule has 0 N–H and O–H groups in total. The first-order chi connectivity index (χ1) is 14.0. The van der Waals surface area contributed by atoms with Crippen molar-refractivity contribution in [1.29, 1.82) is 0 Å². The molecule has 0 spiro atoms. The van der Waals surface area contributed by atoms with Crippen LogP contribution < -0.4 is 0 Å². The number of fused-ring (bicyclic) bond motifs is 8.